The number of hydrogen-bond acceptors (Lipinski definition) is 4. The fraction of sp³-hybridized carbons (Fsp3) is 0.579. The van der Waals surface area contributed by atoms with Crippen LogP contribution in [-0.4, -0.2) is 73.7 Å². The molecule has 0 radical (unpaired) electrons. The quantitative estimate of drug-likeness (QED) is 0.759. The Kier molecular flexibility index (Phi) is 5.71. The molecule has 136 valence electrons. The second-order valence-electron chi connectivity index (χ2n) is 6.76. The SMILES string of the molecule is COCCCN1C(=O)CCN(C(=O)c2ccccc2)CC12CCOC2. The van der Waals surface area contributed by atoms with Crippen LogP contribution in [0, 0.1) is 0 Å². The number of hydrogen-bond donors (Lipinski definition) is 0. The molecule has 6 heteroatoms. The molecule has 1 spiro atoms. The Morgan fingerprint density at radius 3 is 2.80 bits per heavy atom. The molecule has 0 aliphatic carbocycles. The van der Waals surface area contributed by atoms with E-state index in [2.05, 4.69) is 0 Å². The van der Waals surface area contributed by atoms with Gasteiger partial charge in [0.05, 0.1) is 12.1 Å². The molecule has 2 aliphatic heterocycles. The predicted molar refractivity (Wildman–Crippen MR) is 93.3 cm³/mol. The van der Waals surface area contributed by atoms with Gasteiger partial charge in [-0.25, -0.2) is 0 Å². The van der Waals surface area contributed by atoms with E-state index < -0.39 is 5.54 Å². The molecule has 1 aromatic carbocycles. The molecule has 0 bridgehead atoms. The molecule has 0 N–H and O–H groups in total. The summed E-state index contributed by atoms with van der Waals surface area (Å²) in [4.78, 5) is 29.4. The molecule has 2 heterocycles. The summed E-state index contributed by atoms with van der Waals surface area (Å²) in [6, 6.07) is 9.27. The molecule has 2 amide bonds. The van der Waals surface area contributed by atoms with Crippen molar-refractivity contribution in [1.82, 2.24) is 9.80 Å². The molecule has 1 aromatic rings. The summed E-state index contributed by atoms with van der Waals surface area (Å²) >= 11 is 0. The summed E-state index contributed by atoms with van der Waals surface area (Å²) in [6.45, 7) is 3.36. The standard InChI is InChI=1S/C19H26N2O4/c1-24-12-5-10-21-17(22)8-11-20(14-19(21)9-13-25-15-19)18(23)16-6-3-2-4-7-16/h2-4,6-7H,5,8-15H2,1H3. The largest absolute Gasteiger partial charge is 0.385 e. The highest BCUT2D eigenvalue weighted by molar-refractivity contribution is 5.94. The van der Waals surface area contributed by atoms with Crippen LogP contribution in [0.25, 0.3) is 0 Å². The number of methoxy groups -OCH3 is 1. The fourth-order valence-corrected chi connectivity index (χ4v) is 3.75. The first-order valence-electron chi connectivity index (χ1n) is 8.88. The highest BCUT2D eigenvalue weighted by Crippen LogP contribution is 2.31. The number of ether oxygens (including phenoxy) is 2. The maximum absolute atomic E-state index is 12.9. The van der Waals surface area contributed by atoms with Crippen molar-refractivity contribution in [3.8, 4) is 0 Å². The van der Waals surface area contributed by atoms with E-state index in [-0.39, 0.29) is 11.8 Å². The highest BCUT2D eigenvalue weighted by atomic mass is 16.5. The van der Waals surface area contributed by atoms with Gasteiger partial charge >= 0.3 is 0 Å². The van der Waals surface area contributed by atoms with Gasteiger partial charge in [0.2, 0.25) is 5.91 Å². The second-order valence-corrected chi connectivity index (χ2v) is 6.76. The lowest BCUT2D eigenvalue weighted by atomic mass is 9.95. The van der Waals surface area contributed by atoms with Crippen LogP contribution in [0.2, 0.25) is 0 Å². The number of rotatable bonds is 5. The van der Waals surface area contributed by atoms with E-state index in [4.69, 9.17) is 9.47 Å². The van der Waals surface area contributed by atoms with Gasteiger partial charge in [0, 0.05) is 51.9 Å². The van der Waals surface area contributed by atoms with E-state index in [1.807, 2.05) is 40.1 Å². The lowest BCUT2D eigenvalue weighted by Crippen LogP contribution is -2.57. The second kappa shape index (κ2) is 7.97. The molecule has 3 rings (SSSR count). The van der Waals surface area contributed by atoms with Crippen LogP contribution < -0.4 is 0 Å². The van der Waals surface area contributed by atoms with Gasteiger partial charge in [-0.3, -0.25) is 9.59 Å². The summed E-state index contributed by atoms with van der Waals surface area (Å²) in [5, 5.41) is 0. The van der Waals surface area contributed by atoms with E-state index >= 15 is 0 Å². The Balaban J connectivity index is 1.81. The monoisotopic (exact) mass is 346 g/mol. The Labute approximate surface area is 148 Å². The first-order chi connectivity index (χ1) is 12.2. The van der Waals surface area contributed by atoms with Gasteiger partial charge in [0.15, 0.2) is 0 Å². The number of carbonyl (C=O) groups is 2. The van der Waals surface area contributed by atoms with Gasteiger partial charge in [-0.2, -0.15) is 0 Å². The average Bonchev–Trinajstić information content (AvgIpc) is 3.06. The van der Waals surface area contributed by atoms with E-state index in [1.54, 1.807) is 7.11 Å². The molecule has 1 unspecified atom stereocenters. The van der Waals surface area contributed by atoms with Crippen LogP contribution in [0.15, 0.2) is 30.3 Å². The van der Waals surface area contributed by atoms with Crippen molar-refractivity contribution in [3.05, 3.63) is 35.9 Å². The Bertz CT molecular complexity index is 599. The summed E-state index contributed by atoms with van der Waals surface area (Å²) in [7, 11) is 1.67. The van der Waals surface area contributed by atoms with Crippen LogP contribution in [0.5, 0.6) is 0 Å². The summed E-state index contributed by atoms with van der Waals surface area (Å²) < 4.78 is 10.8. The van der Waals surface area contributed by atoms with E-state index in [0.29, 0.717) is 51.4 Å². The number of benzene rings is 1. The molecule has 1 atom stereocenters. The van der Waals surface area contributed by atoms with E-state index in [1.165, 1.54) is 0 Å². The number of amides is 2. The predicted octanol–water partition coefficient (Wildman–Crippen LogP) is 1.56. The van der Waals surface area contributed by atoms with Gasteiger partial charge in [0.1, 0.15) is 0 Å². The minimum absolute atomic E-state index is 0.0154. The molecule has 0 saturated carbocycles. The summed E-state index contributed by atoms with van der Waals surface area (Å²) in [6.07, 6.45) is 1.91. The van der Waals surface area contributed by atoms with Crippen LogP contribution in [0.4, 0.5) is 0 Å². The van der Waals surface area contributed by atoms with Gasteiger partial charge in [-0.15, -0.1) is 0 Å². The third kappa shape index (κ3) is 3.85. The van der Waals surface area contributed by atoms with Crippen molar-refractivity contribution in [3.63, 3.8) is 0 Å². The Morgan fingerprint density at radius 2 is 2.12 bits per heavy atom. The maximum atomic E-state index is 12.9. The third-order valence-corrected chi connectivity index (χ3v) is 5.08. The van der Waals surface area contributed by atoms with Gasteiger partial charge in [0.25, 0.3) is 5.91 Å². The lowest BCUT2D eigenvalue weighted by Gasteiger charge is -2.40. The first-order valence-corrected chi connectivity index (χ1v) is 8.88. The highest BCUT2D eigenvalue weighted by Gasteiger charge is 2.46. The van der Waals surface area contributed by atoms with Crippen molar-refractivity contribution < 1.29 is 19.1 Å². The lowest BCUT2D eigenvalue weighted by molar-refractivity contribution is -0.136. The molecule has 25 heavy (non-hydrogen) atoms. The topological polar surface area (TPSA) is 59.1 Å². The molecule has 6 nitrogen and oxygen atoms in total. The number of nitrogens with zero attached hydrogens (tertiary/aromatic N) is 2. The van der Waals surface area contributed by atoms with Gasteiger partial charge in [-0.05, 0) is 25.0 Å². The fourth-order valence-electron chi connectivity index (χ4n) is 3.75. The van der Waals surface area contributed by atoms with Crippen LogP contribution in [0.1, 0.15) is 29.6 Å². The first kappa shape index (κ1) is 17.9. The molecule has 2 aliphatic rings. The minimum atomic E-state index is -0.411. The average molecular weight is 346 g/mol. The summed E-state index contributed by atoms with van der Waals surface area (Å²) in [5.74, 6) is 0.0865. The van der Waals surface area contributed by atoms with Crippen molar-refractivity contribution in [1.29, 1.82) is 0 Å². The van der Waals surface area contributed by atoms with Gasteiger partial charge in [-0.1, -0.05) is 18.2 Å². The van der Waals surface area contributed by atoms with Crippen LogP contribution in [0.3, 0.4) is 0 Å². The van der Waals surface area contributed by atoms with Crippen LogP contribution >= 0.6 is 0 Å². The molecule has 0 aromatic heterocycles. The normalized spacial score (nSPS) is 24.0. The Hall–Kier alpha value is -1.92. The minimum Gasteiger partial charge on any atom is -0.385 e. The molecule has 2 saturated heterocycles. The smallest absolute Gasteiger partial charge is 0.253 e. The zero-order valence-electron chi connectivity index (χ0n) is 14.8. The number of carbonyl (C=O) groups excluding carboxylic acids is 2. The van der Waals surface area contributed by atoms with Crippen molar-refractivity contribution in [2.75, 3.05) is 46.6 Å². The zero-order chi connectivity index (χ0) is 17.7. The summed E-state index contributed by atoms with van der Waals surface area (Å²) in [5.41, 5.74) is 0.253. The van der Waals surface area contributed by atoms with Gasteiger partial charge < -0.3 is 19.3 Å². The van der Waals surface area contributed by atoms with Crippen molar-refractivity contribution in [2.24, 2.45) is 0 Å². The Morgan fingerprint density at radius 1 is 1.32 bits per heavy atom. The van der Waals surface area contributed by atoms with E-state index in [0.717, 1.165) is 12.8 Å². The maximum Gasteiger partial charge on any atom is 0.253 e. The van der Waals surface area contributed by atoms with E-state index in [9.17, 15) is 9.59 Å². The zero-order valence-corrected chi connectivity index (χ0v) is 14.8. The third-order valence-electron chi connectivity index (χ3n) is 5.08. The van der Waals surface area contributed by atoms with Crippen LogP contribution in [-0.2, 0) is 14.3 Å². The van der Waals surface area contributed by atoms with Crippen molar-refractivity contribution in [2.45, 2.75) is 24.8 Å². The van der Waals surface area contributed by atoms with Crippen molar-refractivity contribution >= 4 is 11.8 Å². The molecular formula is C19H26N2O4. The molecular weight excluding hydrogens is 320 g/mol. The molecule has 2 fully saturated rings.